The summed E-state index contributed by atoms with van der Waals surface area (Å²) in [6.07, 6.45) is 1.82. The van der Waals surface area contributed by atoms with E-state index in [9.17, 15) is 4.79 Å². The molecule has 1 amide bonds. The van der Waals surface area contributed by atoms with Gasteiger partial charge in [-0.05, 0) is 29.6 Å². The topological polar surface area (TPSA) is 46.9 Å². The molecule has 1 aromatic carbocycles. The van der Waals surface area contributed by atoms with E-state index in [-0.39, 0.29) is 12.5 Å². The van der Waals surface area contributed by atoms with Gasteiger partial charge in [0, 0.05) is 22.8 Å². The van der Waals surface area contributed by atoms with Gasteiger partial charge in [0.15, 0.2) is 0 Å². The Morgan fingerprint density at radius 3 is 2.80 bits per heavy atom. The molecule has 0 spiro atoms. The van der Waals surface area contributed by atoms with Crippen LogP contribution < -0.4 is 5.32 Å². The Balaban J connectivity index is 1.65. The van der Waals surface area contributed by atoms with E-state index in [1.54, 1.807) is 16.0 Å². The molecule has 1 N–H and O–H groups in total. The lowest BCUT2D eigenvalue weighted by molar-refractivity contribution is -0.116. The predicted octanol–water partition coefficient (Wildman–Crippen LogP) is 3.25. The molecule has 0 bridgehead atoms. The van der Waals surface area contributed by atoms with Gasteiger partial charge in [0.2, 0.25) is 5.91 Å². The van der Waals surface area contributed by atoms with Crippen molar-refractivity contribution in [3.63, 3.8) is 0 Å². The molecule has 0 fully saturated rings. The highest BCUT2D eigenvalue weighted by Gasteiger charge is 2.06. The first-order valence-corrected chi connectivity index (χ1v) is 7.16. The minimum Gasteiger partial charge on any atom is -0.324 e. The van der Waals surface area contributed by atoms with Crippen molar-refractivity contribution in [3.05, 3.63) is 59.4 Å². The molecule has 0 unspecified atom stereocenters. The molecule has 0 aliphatic heterocycles. The van der Waals surface area contributed by atoms with Crippen LogP contribution in [-0.2, 0) is 11.3 Å². The van der Waals surface area contributed by atoms with Crippen LogP contribution in [0.1, 0.15) is 0 Å². The molecule has 0 aliphatic carbocycles. The Morgan fingerprint density at radius 2 is 2.05 bits per heavy atom. The fourth-order valence-corrected chi connectivity index (χ4v) is 2.53. The van der Waals surface area contributed by atoms with Crippen molar-refractivity contribution in [3.8, 4) is 11.3 Å². The lowest BCUT2D eigenvalue weighted by atomic mass is 10.2. The normalized spacial score (nSPS) is 10.4. The van der Waals surface area contributed by atoms with E-state index in [0.717, 1.165) is 16.9 Å². The van der Waals surface area contributed by atoms with Crippen molar-refractivity contribution >= 4 is 22.9 Å². The van der Waals surface area contributed by atoms with E-state index >= 15 is 0 Å². The molecule has 2 heterocycles. The predicted molar refractivity (Wildman–Crippen MR) is 80.6 cm³/mol. The minimum atomic E-state index is -0.0869. The van der Waals surface area contributed by atoms with Gasteiger partial charge in [0.1, 0.15) is 6.54 Å². The zero-order valence-electron chi connectivity index (χ0n) is 10.7. The van der Waals surface area contributed by atoms with Crippen molar-refractivity contribution in [1.29, 1.82) is 0 Å². The maximum atomic E-state index is 11.9. The molecule has 0 radical (unpaired) electrons. The highest BCUT2D eigenvalue weighted by atomic mass is 32.1. The number of hydrogen-bond acceptors (Lipinski definition) is 3. The van der Waals surface area contributed by atoms with Crippen LogP contribution in [0.5, 0.6) is 0 Å². The summed E-state index contributed by atoms with van der Waals surface area (Å²) in [6.45, 7) is 0.207. The second-order valence-electron chi connectivity index (χ2n) is 4.32. The Kier molecular flexibility index (Phi) is 3.60. The Hall–Kier alpha value is -2.40. The minimum absolute atomic E-state index is 0.0869. The smallest absolute Gasteiger partial charge is 0.246 e. The van der Waals surface area contributed by atoms with E-state index in [2.05, 4.69) is 10.4 Å². The van der Waals surface area contributed by atoms with Gasteiger partial charge in [-0.1, -0.05) is 18.2 Å². The van der Waals surface area contributed by atoms with Crippen molar-refractivity contribution in [1.82, 2.24) is 9.78 Å². The van der Waals surface area contributed by atoms with Crippen LogP contribution in [0, 0.1) is 0 Å². The number of carbonyl (C=O) groups excluding carboxylic acids is 1. The molecule has 0 saturated heterocycles. The van der Waals surface area contributed by atoms with Crippen LogP contribution in [0.3, 0.4) is 0 Å². The maximum Gasteiger partial charge on any atom is 0.246 e. The van der Waals surface area contributed by atoms with Gasteiger partial charge in [0.25, 0.3) is 0 Å². The standard InChI is InChI=1S/C15H13N3OS/c19-15(16-13-4-2-1-3-5-13)10-18-8-6-14(17-18)12-7-9-20-11-12/h1-9,11H,10H2,(H,16,19). The number of carbonyl (C=O) groups is 1. The third-order valence-electron chi connectivity index (χ3n) is 2.82. The van der Waals surface area contributed by atoms with Crippen molar-refractivity contribution in [2.75, 3.05) is 5.32 Å². The summed E-state index contributed by atoms with van der Waals surface area (Å²) in [6, 6.07) is 13.3. The first-order chi connectivity index (χ1) is 9.81. The van der Waals surface area contributed by atoms with Crippen LogP contribution in [0.25, 0.3) is 11.3 Å². The fraction of sp³-hybridized carbons (Fsp3) is 0.0667. The van der Waals surface area contributed by atoms with Crippen LogP contribution in [0.15, 0.2) is 59.4 Å². The number of nitrogens with zero attached hydrogens (tertiary/aromatic N) is 2. The monoisotopic (exact) mass is 283 g/mol. The summed E-state index contributed by atoms with van der Waals surface area (Å²) < 4.78 is 1.64. The summed E-state index contributed by atoms with van der Waals surface area (Å²) >= 11 is 1.63. The lowest BCUT2D eigenvalue weighted by Gasteiger charge is -2.04. The van der Waals surface area contributed by atoms with Gasteiger partial charge in [-0.25, -0.2) is 0 Å². The molecular formula is C15H13N3OS. The summed E-state index contributed by atoms with van der Waals surface area (Å²) in [5, 5.41) is 11.3. The van der Waals surface area contributed by atoms with Crippen molar-refractivity contribution in [2.45, 2.75) is 6.54 Å². The summed E-state index contributed by atoms with van der Waals surface area (Å²) in [7, 11) is 0. The third-order valence-corrected chi connectivity index (χ3v) is 3.50. The van der Waals surface area contributed by atoms with Crippen molar-refractivity contribution < 1.29 is 4.79 Å². The molecule has 0 atom stereocenters. The van der Waals surface area contributed by atoms with Gasteiger partial charge in [0.05, 0.1) is 5.69 Å². The first kappa shape index (κ1) is 12.6. The van der Waals surface area contributed by atoms with Gasteiger partial charge >= 0.3 is 0 Å². The Labute approximate surface area is 120 Å². The van der Waals surface area contributed by atoms with E-state index < -0.39 is 0 Å². The number of nitrogens with one attached hydrogen (secondary N) is 1. The number of hydrogen-bond donors (Lipinski definition) is 1. The molecule has 100 valence electrons. The molecule has 0 saturated carbocycles. The molecule has 3 rings (SSSR count). The largest absolute Gasteiger partial charge is 0.324 e. The van der Waals surface area contributed by atoms with Crippen LogP contribution in [0.2, 0.25) is 0 Å². The number of para-hydroxylation sites is 1. The highest BCUT2D eigenvalue weighted by Crippen LogP contribution is 2.19. The van der Waals surface area contributed by atoms with Gasteiger partial charge in [-0.3, -0.25) is 9.48 Å². The second-order valence-corrected chi connectivity index (χ2v) is 5.10. The van der Waals surface area contributed by atoms with Crippen LogP contribution in [0.4, 0.5) is 5.69 Å². The zero-order valence-corrected chi connectivity index (χ0v) is 11.5. The number of benzene rings is 1. The van der Waals surface area contributed by atoms with Crippen LogP contribution >= 0.6 is 11.3 Å². The number of amides is 1. The average molecular weight is 283 g/mol. The van der Waals surface area contributed by atoms with E-state index in [1.165, 1.54) is 0 Å². The number of thiophene rings is 1. The van der Waals surface area contributed by atoms with E-state index in [1.807, 2.05) is 59.4 Å². The number of aromatic nitrogens is 2. The summed E-state index contributed by atoms with van der Waals surface area (Å²) in [5.41, 5.74) is 2.76. The van der Waals surface area contributed by atoms with E-state index in [4.69, 9.17) is 0 Å². The van der Waals surface area contributed by atoms with Gasteiger partial charge in [-0.2, -0.15) is 16.4 Å². The molecule has 0 aliphatic rings. The second kappa shape index (κ2) is 5.71. The number of anilines is 1. The quantitative estimate of drug-likeness (QED) is 0.799. The van der Waals surface area contributed by atoms with Crippen LogP contribution in [-0.4, -0.2) is 15.7 Å². The van der Waals surface area contributed by atoms with Gasteiger partial charge < -0.3 is 5.32 Å². The first-order valence-electron chi connectivity index (χ1n) is 6.22. The fourth-order valence-electron chi connectivity index (χ4n) is 1.88. The number of rotatable bonds is 4. The maximum absolute atomic E-state index is 11.9. The van der Waals surface area contributed by atoms with E-state index in [0.29, 0.717) is 0 Å². The molecule has 20 heavy (non-hydrogen) atoms. The molecular weight excluding hydrogens is 270 g/mol. The molecule has 3 aromatic rings. The summed E-state index contributed by atoms with van der Waals surface area (Å²) in [5.74, 6) is -0.0869. The zero-order chi connectivity index (χ0) is 13.8. The molecule has 5 heteroatoms. The Bertz CT molecular complexity index is 689. The molecule has 2 aromatic heterocycles. The molecule has 4 nitrogen and oxygen atoms in total. The van der Waals surface area contributed by atoms with Crippen molar-refractivity contribution in [2.24, 2.45) is 0 Å². The highest BCUT2D eigenvalue weighted by molar-refractivity contribution is 7.08. The van der Waals surface area contributed by atoms with Gasteiger partial charge in [-0.15, -0.1) is 0 Å². The SMILES string of the molecule is O=C(Cn1ccc(-c2ccsc2)n1)Nc1ccccc1. The lowest BCUT2D eigenvalue weighted by Crippen LogP contribution is -2.18. The summed E-state index contributed by atoms with van der Waals surface area (Å²) in [4.78, 5) is 11.9. The average Bonchev–Trinajstić information content (AvgIpc) is 3.10. The Morgan fingerprint density at radius 1 is 1.20 bits per heavy atom. The third kappa shape index (κ3) is 2.95.